The smallest absolute Gasteiger partial charge is 0.245 e. The number of hydrogen-bond acceptors (Lipinski definition) is 5. The number of rotatable bonds is 5. The quantitative estimate of drug-likeness (QED) is 0.742. The largest absolute Gasteiger partial charge is 0.396 e. The van der Waals surface area contributed by atoms with Gasteiger partial charge in [-0.3, -0.25) is 14.3 Å². The molecule has 1 atom stereocenters. The number of anilines is 1. The van der Waals surface area contributed by atoms with Gasteiger partial charge in [0.15, 0.2) is 0 Å². The molecule has 1 saturated heterocycles. The second-order valence-electron chi connectivity index (χ2n) is 4.94. The number of carbonyl (C=O) groups excluding carboxylic acids is 2. The molecule has 2 heterocycles. The first-order valence-electron chi connectivity index (χ1n) is 7.04. The number of nitrogens with two attached hydrogens (primary N) is 1. The molecule has 0 saturated carbocycles. The van der Waals surface area contributed by atoms with Crippen LogP contribution < -0.4 is 11.1 Å². The van der Waals surface area contributed by atoms with Gasteiger partial charge in [0, 0.05) is 19.3 Å². The number of amides is 2. The van der Waals surface area contributed by atoms with Crippen molar-refractivity contribution in [1.82, 2.24) is 20.0 Å². The minimum atomic E-state index is -0.578. The average Bonchev–Trinajstić information content (AvgIpc) is 2.89. The molecule has 0 spiro atoms. The molecule has 3 N–H and O–H groups in total. The topological polar surface area (TPSA) is 102 Å². The molecule has 1 aliphatic rings. The molecule has 0 aliphatic carbocycles. The highest BCUT2D eigenvalue weighted by Crippen LogP contribution is 2.09. The van der Waals surface area contributed by atoms with Crippen LogP contribution in [0.2, 0.25) is 0 Å². The maximum atomic E-state index is 12.4. The van der Waals surface area contributed by atoms with Gasteiger partial charge in [-0.05, 0) is 6.42 Å². The first-order valence-corrected chi connectivity index (χ1v) is 7.04. The van der Waals surface area contributed by atoms with E-state index in [9.17, 15) is 9.59 Å². The van der Waals surface area contributed by atoms with Gasteiger partial charge in [0.05, 0.1) is 25.1 Å². The lowest BCUT2D eigenvalue weighted by atomic mass is 10.2. The van der Waals surface area contributed by atoms with Crippen LogP contribution in [0.1, 0.15) is 13.3 Å². The monoisotopic (exact) mass is 295 g/mol. The van der Waals surface area contributed by atoms with Crippen LogP contribution in [0.5, 0.6) is 0 Å². The third-order valence-corrected chi connectivity index (χ3v) is 3.25. The number of morpholine rings is 1. The first-order chi connectivity index (χ1) is 10.1. The molecule has 2 rings (SSSR count). The van der Waals surface area contributed by atoms with Crippen LogP contribution in [0.3, 0.4) is 0 Å². The van der Waals surface area contributed by atoms with Crippen LogP contribution in [0, 0.1) is 0 Å². The fourth-order valence-corrected chi connectivity index (χ4v) is 2.18. The van der Waals surface area contributed by atoms with Gasteiger partial charge < -0.3 is 20.7 Å². The molecule has 21 heavy (non-hydrogen) atoms. The molecule has 1 aromatic rings. The Morgan fingerprint density at radius 2 is 2.38 bits per heavy atom. The Morgan fingerprint density at radius 3 is 3.05 bits per heavy atom. The lowest BCUT2D eigenvalue weighted by molar-refractivity contribution is -0.149. The standard InChI is InChI=1S/C13H21N5O3/c1-2-3-15-13(20)11-9-21-5-4-18(11)12(19)8-17-7-10(14)6-16-17/h6-7,11H,2-5,8-9,14H2,1H3,(H,15,20). The Morgan fingerprint density at radius 1 is 1.57 bits per heavy atom. The number of carbonyl (C=O) groups is 2. The Balaban J connectivity index is 2.00. The van der Waals surface area contributed by atoms with E-state index in [0.717, 1.165) is 6.42 Å². The molecule has 0 radical (unpaired) electrons. The van der Waals surface area contributed by atoms with E-state index in [0.29, 0.717) is 25.4 Å². The molecule has 1 unspecified atom stereocenters. The average molecular weight is 295 g/mol. The first kappa shape index (κ1) is 15.3. The van der Waals surface area contributed by atoms with Crippen molar-refractivity contribution >= 4 is 17.5 Å². The molecule has 1 aromatic heterocycles. The summed E-state index contributed by atoms with van der Waals surface area (Å²) in [4.78, 5) is 26.0. The minimum absolute atomic E-state index is 0.0642. The lowest BCUT2D eigenvalue weighted by Crippen LogP contribution is -2.56. The normalized spacial score (nSPS) is 18.5. The molecule has 116 valence electrons. The molecule has 8 nitrogen and oxygen atoms in total. The molecule has 1 fully saturated rings. The van der Waals surface area contributed by atoms with Crippen LogP contribution in [-0.2, 0) is 20.9 Å². The van der Waals surface area contributed by atoms with E-state index in [1.807, 2.05) is 6.92 Å². The van der Waals surface area contributed by atoms with Crippen molar-refractivity contribution in [3.05, 3.63) is 12.4 Å². The molecule has 0 aromatic carbocycles. The number of aromatic nitrogens is 2. The predicted molar refractivity (Wildman–Crippen MR) is 76.3 cm³/mol. The van der Waals surface area contributed by atoms with E-state index in [1.165, 1.54) is 10.9 Å². The minimum Gasteiger partial charge on any atom is -0.396 e. The molecular weight excluding hydrogens is 274 g/mol. The maximum Gasteiger partial charge on any atom is 0.245 e. The van der Waals surface area contributed by atoms with Gasteiger partial charge in [0.25, 0.3) is 0 Å². The molecule has 2 amide bonds. The van der Waals surface area contributed by atoms with Gasteiger partial charge >= 0.3 is 0 Å². The van der Waals surface area contributed by atoms with Crippen molar-refractivity contribution in [3.8, 4) is 0 Å². The summed E-state index contributed by atoms with van der Waals surface area (Å²) < 4.78 is 6.79. The summed E-state index contributed by atoms with van der Waals surface area (Å²) in [6, 6.07) is -0.578. The van der Waals surface area contributed by atoms with Crippen LogP contribution in [-0.4, -0.2) is 58.8 Å². The summed E-state index contributed by atoms with van der Waals surface area (Å²) in [5, 5.41) is 6.78. The van der Waals surface area contributed by atoms with Gasteiger partial charge in [-0.15, -0.1) is 0 Å². The second-order valence-corrected chi connectivity index (χ2v) is 4.94. The lowest BCUT2D eigenvalue weighted by Gasteiger charge is -2.34. The van der Waals surface area contributed by atoms with E-state index in [2.05, 4.69) is 10.4 Å². The van der Waals surface area contributed by atoms with Crippen molar-refractivity contribution in [2.24, 2.45) is 0 Å². The van der Waals surface area contributed by atoms with Gasteiger partial charge in [-0.1, -0.05) is 6.92 Å². The van der Waals surface area contributed by atoms with E-state index in [1.54, 1.807) is 11.1 Å². The summed E-state index contributed by atoms with van der Waals surface area (Å²) in [7, 11) is 0. The Labute approximate surface area is 123 Å². The van der Waals surface area contributed by atoms with E-state index in [-0.39, 0.29) is 25.0 Å². The number of hydrogen-bond donors (Lipinski definition) is 2. The number of nitrogen functional groups attached to an aromatic ring is 1. The van der Waals surface area contributed by atoms with E-state index in [4.69, 9.17) is 10.5 Å². The van der Waals surface area contributed by atoms with Gasteiger partial charge in [0.1, 0.15) is 12.6 Å². The van der Waals surface area contributed by atoms with Crippen molar-refractivity contribution in [3.63, 3.8) is 0 Å². The molecule has 0 bridgehead atoms. The van der Waals surface area contributed by atoms with E-state index >= 15 is 0 Å². The van der Waals surface area contributed by atoms with Crippen molar-refractivity contribution in [2.45, 2.75) is 25.9 Å². The van der Waals surface area contributed by atoms with Crippen molar-refractivity contribution < 1.29 is 14.3 Å². The number of nitrogens with zero attached hydrogens (tertiary/aromatic N) is 3. The summed E-state index contributed by atoms with van der Waals surface area (Å²) in [6.07, 6.45) is 3.92. The van der Waals surface area contributed by atoms with Crippen molar-refractivity contribution in [1.29, 1.82) is 0 Å². The number of ether oxygens (including phenoxy) is 1. The summed E-state index contributed by atoms with van der Waals surface area (Å²) in [6.45, 7) is 3.69. The van der Waals surface area contributed by atoms with Crippen LogP contribution >= 0.6 is 0 Å². The maximum absolute atomic E-state index is 12.4. The zero-order valence-electron chi connectivity index (χ0n) is 12.1. The third kappa shape index (κ3) is 3.94. The van der Waals surface area contributed by atoms with Crippen LogP contribution in [0.15, 0.2) is 12.4 Å². The fourth-order valence-electron chi connectivity index (χ4n) is 2.18. The fraction of sp³-hybridized carbons (Fsp3) is 0.615. The summed E-state index contributed by atoms with van der Waals surface area (Å²) in [5.41, 5.74) is 6.07. The van der Waals surface area contributed by atoms with Crippen LogP contribution in [0.4, 0.5) is 5.69 Å². The number of nitrogens with one attached hydrogen (secondary N) is 1. The molecular formula is C13H21N5O3. The Hall–Kier alpha value is -2.09. The highest BCUT2D eigenvalue weighted by Gasteiger charge is 2.32. The van der Waals surface area contributed by atoms with Gasteiger partial charge in [-0.2, -0.15) is 5.10 Å². The van der Waals surface area contributed by atoms with Crippen LogP contribution in [0.25, 0.3) is 0 Å². The highest BCUT2D eigenvalue weighted by molar-refractivity contribution is 5.87. The van der Waals surface area contributed by atoms with E-state index < -0.39 is 6.04 Å². The van der Waals surface area contributed by atoms with Gasteiger partial charge in [-0.25, -0.2) is 0 Å². The zero-order chi connectivity index (χ0) is 15.2. The zero-order valence-corrected chi connectivity index (χ0v) is 12.1. The van der Waals surface area contributed by atoms with Gasteiger partial charge in [0.2, 0.25) is 11.8 Å². The second kappa shape index (κ2) is 7.07. The van der Waals surface area contributed by atoms with Crippen molar-refractivity contribution in [2.75, 3.05) is 32.0 Å². The Bertz CT molecular complexity index is 502. The highest BCUT2D eigenvalue weighted by atomic mass is 16.5. The molecule has 8 heteroatoms. The summed E-state index contributed by atoms with van der Waals surface area (Å²) in [5.74, 6) is -0.345. The predicted octanol–water partition coefficient (Wildman–Crippen LogP) is -0.781. The summed E-state index contributed by atoms with van der Waals surface area (Å²) >= 11 is 0. The third-order valence-electron chi connectivity index (χ3n) is 3.25. The Kier molecular flexibility index (Phi) is 5.15. The SMILES string of the molecule is CCCNC(=O)C1COCCN1C(=O)Cn1cc(N)cn1. The molecule has 1 aliphatic heterocycles.